The summed E-state index contributed by atoms with van der Waals surface area (Å²) in [6, 6.07) is 14.0. The van der Waals surface area contributed by atoms with Gasteiger partial charge in [0.2, 0.25) is 11.8 Å². The van der Waals surface area contributed by atoms with E-state index in [1.165, 1.54) is 13.2 Å². The average molecular weight is 387 g/mol. The van der Waals surface area contributed by atoms with Crippen molar-refractivity contribution in [2.45, 2.75) is 6.42 Å². The van der Waals surface area contributed by atoms with Gasteiger partial charge in [0.15, 0.2) is 0 Å². The standard InChI is InChI=1S/C20H19ClN2O4/c1-27-20(26)13-22-19(25)12-15-4-9-17(10-5-15)23-18(24)11-6-14-2-7-16(21)8-3-14/h2-11H,12-13H2,1H3,(H,22,25)(H,23,24). The van der Waals surface area contributed by atoms with Gasteiger partial charge in [0.1, 0.15) is 6.54 Å². The van der Waals surface area contributed by atoms with Gasteiger partial charge in [0, 0.05) is 16.8 Å². The number of ether oxygens (including phenoxy) is 1. The Morgan fingerprint density at radius 2 is 1.70 bits per heavy atom. The highest BCUT2D eigenvalue weighted by Crippen LogP contribution is 2.12. The molecule has 0 bridgehead atoms. The summed E-state index contributed by atoms with van der Waals surface area (Å²) in [5, 5.41) is 5.84. The molecule has 7 heteroatoms. The zero-order valence-corrected chi connectivity index (χ0v) is 15.5. The van der Waals surface area contributed by atoms with Crippen LogP contribution in [0.1, 0.15) is 11.1 Å². The number of esters is 1. The first-order valence-electron chi connectivity index (χ1n) is 8.13. The van der Waals surface area contributed by atoms with Gasteiger partial charge in [-0.2, -0.15) is 0 Å². The lowest BCUT2D eigenvalue weighted by Gasteiger charge is -2.06. The van der Waals surface area contributed by atoms with Gasteiger partial charge in [-0.05, 0) is 41.5 Å². The van der Waals surface area contributed by atoms with Crippen molar-refractivity contribution in [3.8, 4) is 0 Å². The van der Waals surface area contributed by atoms with Crippen molar-refractivity contribution in [2.75, 3.05) is 19.0 Å². The molecular weight excluding hydrogens is 368 g/mol. The quantitative estimate of drug-likeness (QED) is 0.566. The van der Waals surface area contributed by atoms with Crippen LogP contribution < -0.4 is 10.6 Å². The van der Waals surface area contributed by atoms with Gasteiger partial charge in [-0.15, -0.1) is 0 Å². The largest absolute Gasteiger partial charge is 0.468 e. The fraction of sp³-hybridized carbons (Fsp3) is 0.150. The van der Waals surface area contributed by atoms with E-state index in [2.05, 4.69) is 15.4 Å². The van der Waals surface area contributed by atoms with Gasteiger partial charge >= 0.3 is 5.97 Å². The zero-order chi connectivity index (χ0) is 19.6. The van der Waals surface area contributed by atoms with Crippen molar-refractivity contribution in [3.63, 3.8) is 0 Å². The number of carbonyl (C=O) groups is 3. The van der Waals surface area contributed by atoms with E-state index in [4.69, 9.17) is 11.6 Å². The van der Waals surface area contributed by atoms with E-state index in [0.29, 0.717) is 10.7 Å². The summed E-state index contributed by atoms with van der Waals surface area (Å²) in [5.41, 5.74) is 2.23. The second-order valence-corrected chi connectivity index (χ2v) is 6.04. The summed E-state index contributed by atoms with van der Waals surface area (Å²) < 4.78 is 4.45. The fourth-order valence-corrected chi connectivity index (χ4v) is 2.25. The molecule has 0 radical (unpaired) electrons. The highest BCUT2D eigenvalue weighted by atomic mass is 35.5. The first-order chi connectivity index (χ1) is 13.0. The van der Waals surface area contributed by atoms with Crippen molar-refractivity contribution in [1.29, 1.82) is 0 Å². The van der Waals surface area contributed by atoms with Crippen molar-refractivity contribution < 1.29 is 19.1 Å². The molecule has 0 heterocycles. The minimum absolute atomic E-state index is 0.127. The number of rotatable bonds is 7. The minimum atomic E-state index is -0.506. The molecule has 0 aromatic heterocycles. The van der Waals surface area contributed by atoms with Crippen LogP contribution in [0.25, 0.3) is 6.08 Å². The first kappa shape index (κ1) is 20.2. The molecule has 140 valence electrons. The molecule has 2 amide bonds. The molecule has 0 saturated carbocycles. The Morgan fingerprint density at radius 1 is 1.04 bits per heavy atom. The van der Waals surface area contributed by atoms with Crippen LogP contribution in [-0.2, 0) is 25.5 Å². The second-order valence-electron chi connectivity index (χ2n) is 5.60. The molecule has 2 N–H and O–H groups in total. The number of hydrogen-bond acceptors (Lipinski definition) is 4. The van der Waals surface area contributed by atoms with E-state index in [0.717, 1.165) is 11.1 Å². The molecule has 2 aromatic rings. The van der Waals surface area contributed by atoms with E-state index >= 15 is 0 Å². The SMILES string of the molecule is COC(=O)CNC(=O)Cc1ccc(NC(=O)C=Cc2ccc(Cl)cc2)cc1. The lowest BCUT2D eigenvalue weighted by Crippen LogP contribution is -2.31. The molecule has 0 spiro atoms. The topological polar surface area (TPSA) is 84.5 Å². The summed E-state index contributed by atoms with van der Waals surface area (Å²) in [6.45, 7) is -0.163. The van der Waals surface area contributed by atoms with Gasteiger partial charge in [0.25, 0.3) is 0 Å². The number of hydrogen-bond donors (Lipinski definition) is 2. The van der Waals surface area contributed by atoms with E-state index < -0.39 is 5.97 Å². The number of halogens is 1. The Balaban J connectivity index is 1.84. The third-order valence-electron chi connectivity index (χ3n) is 3.54. The summed E-state index contributed by atoms with van der Waals surface area (Å²) in [6.07, 6.45) is 3.24. The predicted molar refractivity (Wildman–Crippen MR) is 104 cm³/mol. The Bertz CT molecular complexity index is 830. The molecule has 0 aliphatic carbocycles. The molecule has 0 saturated heterocycles. The molecule has 0 aliphatic heterocycles. The number of amides is 2. The molecule has 0 fully saturated rings. The van der Waals surface area contributed by atoms with Crippen LogP contribution >= 0.6 is 11.6 Å². The van der Waals surface area contributed by atoms with Crippen LogP contribution in [0.3, 0.4) is 0 Å². The number of anilines is 1. The highest BCUT2D eigenvalue weighted by Gasteiger charge is 2.06. The van der Waals surface area contributed by atoms with Crippen LogP contribution in [0.5, 0.6) is 0 Å². The predicted octanol–water partition coefficient (Wildman–Crippen LogP) is 2.82. The van der Waals surface area contributed by atoms with E-state index in [9.17, 15) is 14.4 Å². The van der Waals surface area contributed by atoms with Crippen LogP contribution in [0.2, 0.25) is 5.02 Å². The van der Waals surface area contributed by atoms with Gasteiger partial charge < -0.3 is 15.4 Å². The molecule has 0 aliphatic rings. The van der Waals surface area contributed by atoms with E-state index in [-0.39, 0.29) is 24.8 Å². The molecule has 0 unspecified atom stereocenters. The van der Waals surface area contributed by atoms with Crippen molar-refractivity contribution >= 4 is 41.1 Å². The maximum Gasteiger partial charge on any atom is 0.325 e. The number of benzene rings is 2. The second kappa shape index (κ2) is 10.1. The minimum Gasteiger partial charge on any atom is -0.468 e. The summed E-state index contributed by atoms with van der Waals surface area (Å²) in [5.74, 6) is -1.07. The normalized spacial score (nSPS) is 10.4. The van der Waals surface area contributed by atoms with Crippen molar-refractivity contribution in [1.82, 2.24) is 5.32 Å². The Kier molecular flexibility index (Phi) is 7.58. The average Bonchev–Trinajstić information content (AvgIpc) is 2.67. The molecule has 6 nitrogen and oxygen atoms in total. The summed E-state index contributed by atoms with van der Waals surface area (Å²) >= 11 is 5.82. The van der Waals surface area contributed by atoms with Crippen LogP contribution in [0.15, 0.2) is 54.6 Å². The van der Waals surface area contributed by atoms with Crippen molar-refractivity contribution in [3.05, 3.63) is 70.8 Å². The fourth-order valence-electron chi connectivity index (χ4n) is 2.13. The monoisotopic (exact) mass is 386 g/mol. The maximum atomic E-state index is 12.0. The lowest BCUT2D eigenvalue weighted by atomic mass is 10.1. The number of nitrogens with one attached hydrogen (secondary N) is 2. The van der Waals surface area contributed by atoms with Crippen LogP contribution in [0.4, 0.5) is 5.69 Å². The molecular formula is C20H19ClN2O4. The Morgan fingerprint density at radius 3 is 2.33 bits per heavy atom. The Labute approximate surface area is 162 Å². The zero-order valence-electron chi connectivity index (χ0n) is 14.7. The smallest absolute Gasteiger partial charge is 0.325 e. The lowest BCUT2D eigenvalue weighted by molar-refractivity contribution is -0.141. The number of methoxy groups -OCH3 is 1. The number of carbonyl (C=O) groups excluding carboxylic acids is 3. The molecule has 2 rings (SSSR count). The highest BCUT2D eigenvalue weighted by molar-refractivity contribution is 6.30. The van der Waals surface area contributed by atoms with E-state index in [1.807, 2.05) is 12.1 Å². The van der Waals surface area contributed by atoms with Gasteiger partial charge in [-0.1, -0.05) is 35.9 Å². The summed E-state index contributed by atoms with van der Waals surface area (Å²) in [4.78, 5) is 34.7. The van der Waals surface area contributed by atoms with Gasteiger partial charge in [-0.3, -0.25) is 14.4 Å². The van der Waals surface area contributed by atoms with E-state index in [1.54, 1.807) is 42.5 Å². The molecule has 2 aromatic carbocycles. The third-order valence-corrected chi connectivity index (χ3v) is 3.79. The first-order valence-corrected chi connectivity index (χ1v) is 8.51. The van der Waals surface area contributed by atoms with Crippen molar-refractivity contribution in [2.24, 2.45) is 0 Å². The van der Waals surface area contributed by atoms with Gasteiger partial charge in [-0.25, -0.2) is 0 Å². The Hall–Kier alpha value is -3.12. The molecule has 0 atom stereocenters. The van der Waals surface area contributed by atoms with Crippen LogP contribution in [-0.4, -0.2) is 31.4 Å². The molecule has 27 heavy (non-hydrogen) atoms. The van der Waals surface area contributed by atoms with Crippen LogP contribution in [0, 0.1) is 0 Å². The van der Waals surface area contributed by atoms with Gasteiger partial charge in [0.05, 0.1) is 13.5 Å². The third kappa shape index (κ3) is 7.33. The summed E-state index contributed by atoms with van der Waals surface area (Å²) in [7, 11) is 1.26. The maximum absolute atomic E-state index is 12.0.